The van der Waals surface area contributed by atoms with Crippen molar-refractivity contribution in [1.29, 1.82) is 0 Å². The molecule has 4 rings (SSSR count). The molecule has 0 aliphatic carbocycles. The molecule has 1 aromatic carbocycles. The number of piperidine rings is 2. The van der Waals surface area contributed by atoms with Crippen LogP contribution in [0.25, 0.3) is 0 Å². The minimum atomic E-state index is 0.516. The molecule has 2 aromatic rings. The standard InChI is InChI=1S/C24H33ClN6S/c1-17-5-3-11-30(15-17)21-13-22(31-12-4-6-18(2)16-31)28-23(27-21)29-24(32)26-14-19-7-9-20(25)10-8-19/h7-10,13,17-18H,3-6,11-12,14-16H2,1-2H3,(H2,26,27,28,29,32)/t17-,18+. The van der Waals surface area contributed by atoms with Crippen LogP contribution < -0.4 is 20.4 Å². The summed E-state index contributed by atoms with van der Waals surface area (Å²) in [6.07, 6.45) is 4.96. The number of nitrogens with one attached hydrogen (secondary N) is 2. The van der Waals surface area contributed by atoms with E-state index in [-0.39, 0.29) is 0 Å². The number of aromatic nitrogens is 2. The number of hydrogen-bond donors (Lipinski definition) is 2. The van der Waals surface area contributed by atoms with Crippen LogP contribution in [0.3, 0.4) is 0 Å². The number of nitrogens with zero attached hydrogens (tertiary/aromatic N) is 4. The van der Waals surface area contributed by atoms with Crippen molar-refractivity contribution in [2.45, 2.75) is 46.1 Å². The lowest BCUT2D eigenvalue weighted by Gasteiger charge is -2.35. The predicted octanol–water partition coefficient (Wildman–Crippen LogP) is 5.09. The van der Waals surface area contributed by atoms with E-state index in [1.165, 1.54) is 25.7 Å². The number of benzene rings is 1. The van der Waals surface area contributed by atoms with Gasteiger partial charge in [-0.25, -0.2) is 0 Å². The first-order chi connectivity index (χ1) is 15.5. The van der Waals surface area contributed by atoms with E-state index in [0.29, 0.717) is 29.4 Å². The van der Waals surface area contributed by atoms with Gasteiger partial charge >= 0.3 is 0 Å². The molecule has 0 radical (unpaired) electrons. The van der Waals surface area contributed by atoms with Crippen molar-refractivity contribution in [3.05, 3.63) is 40.9 Å². The zero-order chi connectivity index (χ0) is 22.5. The van der Waals surface area contributed by atoms with Crippen LogP contribution in [0, 0.1) is 11.8 Å². The highest BCUT2D eigenvalue weighted by molar-refractivity contribution is 7.80. The average Bonchev–Trinajstić information content (AvgIpc) is 2.78. The van der Waals surface area contributed by atoms with E-state index in [9.17, 15) is 0 Å². The maximum atomic E-state index is 5.97. The molecule has 8 heteroatoms. The lowest BCUT2D eigenvalue weighted by Crippen LogP contribution is -2.37. The summed E-state index contributed by atoms with van der Waals surface area (Å²) in [5.41, 5.74) is 1.11. The largest absolute Gasteiger partial charge is 0.358 e. The highest BCUT2D eigenvalue weighted by Gasteiger charge is 2.23. The van der Waals surface area contributed by atoms with Crippen LogP contribution in [0.5, 0.6) is 0 Å². The molecule has 0 amide bonds. The van der Waals surface area contributed by atoms with Crippen LogP contribution in [-0.2, 0) is 6.54 Å². The average molecular weight is 473 g/mol. The zero-order valence-electron chi connectivity index (χ0n) is 19.0. The van der Waals surface area contributed by atoms with Crippen molar-refractivity contribution >= 4 is 46.5 Å². The number of halogens is 1. The Morgan fingerprint density at radius 3 is 2.09 bits per heavy atom. The lowest BCUT2D eigenvalue weighted by molar-refractivity contribution is 0.441. The molecular formula is C24H33ClN6S. The molecule has 2 N–H and O–H groups in total. The first kappa shape index (κ1) is 23.1. The smallest absolute Gasteiger partial charge is 0.232 e. The van der Waals surface area contributed by atoms with Gasteiger partial charge in [0.15, 0.2) is 5.11 Å². The second kappa shape index (κ2) is 10.7. The van der Waals surface area contributed by atoms with Crippen molar-refractivity contribution in [3.63, 3.8) is 0 Å². The number of anilines is 3. The Morgan fingerprint density at radius 2 is 1.56 bits per heavy atom. The molecule has 6 nitrogen and oxygen atoms in total. The van der Waals surface area contributed by atoms with Gasteiger partial charge in [0.1, 0.15) is 11.6 Å². The molecular weight excluding hydrogens is 440 g/mol. The van der Waals surface area contributed by atoms with E-state index in [1.807, 2.05) is 24.3 Å². The number of hydrogen-bond acceptors (Lipinski definition) is 5. The second-order valence-electron chi connectivity index (χ2n) is 9.23. The van der Waals surface area contributed by atoms with Gasteiger partial charge in [-0.2, -0.15) is 9.97 Å². The van der Waals surface area contributed by atoms with Crippen molar-refractivity contribution in [3.8, 4) is 0 Å². The van der Waals surface area contributed by atoms with Crippen LogP contribution in [0.15, 0.2) is 30.3 Å². The van der Waals surface area contributed by atoms with Gasteiger partial charge in [-0.05, 0) is 67.4 Å². The quantitative estimate of drug-likeness (QED) is 0.588. The summed E-state index contributed by atoms with van der Waals surface area (Å²) in [7, 11) is 0. The fourth-order valence-electron chi connectivity index (χ4n) is 4.53. The Hall–Kier alpha value is -2.12. The molecule has 2 aliphatic heterocycles. The fraction of sp³-hybridized carbons (Fsp3) is 0.542. The minimum Gasteiger partial charge on any atom is -0.358 e. The highest BCUT2D eigenvalue weighted by atomic mass is 35.5. The van der Waals surface area contributed by atoms with E-state index in [4.69, 9.17) is 33.8 Å². The Labute approximate surface area is 201 Å². The Morgan fingerprint density at radius 1 is 1.00 bits per heavy atom. The summed E-state index contributed by atoms with van der Waals surface area (Å²) in [4.78, 5) is 14.5. The van der Waals surface area contributed by atoms with Gasteiger partial charge in [-0.3, -0.25) is 0 Å². The molecule has 2 fully saturated rings. The van der Waals surface area contributed by atoms with Crippen LogP contribution in [0.2, 0.25) is 5.02 Å². The second-order valence-corrected chi connectivity index (χ2v) is 10.1. The third kappa shape index (κ3) is 6.23. The summed E-state index contributed by atoms with van der Waals surface area (Å²) in [6.45, 7) is 9.39. The molecule has 2 atom stereocenters. The summed E-state index contributed by atoms with van der Waals surface area (Å²) in [5, 5.41) is 7.72. The van der Waals surface area contributed by atoms with E-state index >= 15 is 0 Å². The Kier molecular flexibility index (Phi) is 7.68. The van der Waals surface area contributed by atoms with Gasteiger partial charge in [0.25, 0.3) is 0 Å². The summed E-state index contributed by atoms with van der Waals surface area (Å²) in [6, 6.07) is 9.90. The van der Waals surface area contributed by atoms with Crippen molar-refractivity contribution in [2.24, 2.45) is 11.8 Å². The van der Waals surface area contributed by atoms with Crippen molar-refractivity contribution in [1.82, 2.24) is 15.3 Å². The third-order valence-electron chi connectivity index (χ3n) is 6.25. The van der Waals surface area contributed by atoms with Crippen molar-refractivity contribution in [2.75, 3.05) is 41.3 Å². The maximum absolute atomic E-state index is 5.97. The molecule has 0 spiro atoms. The highest BCUT2D eigenvalue weighted by Crippen LogP contribution is 2.28. The lowest BCUT2D eigenvalue weighted by atomic mass is 10.00. The van der Waals surface area contributed by atoms with Gasteiger partial charge in [-0.1, -0.05) is 37.6 Å². The molecule has 172 valence electrons. The molecule has 1 aromatic heterocycles. The van der Waals surface area contributed by atoms with Crippen LogP contribution in [-0.4, -0.2) is 41.3 Å². The predicted molar refractivity (Wildman–Crippen MR) is 138 cm³/mol. The van der Waals surface area contributed by atoms with E-state index in [2.05, 4.69) is 40.3 Å². The molecule has 0 saturated carbocycles. The summed E-state index contributed by atoms with van der Waals surface area (Å²) >= 11 is 11.5. The third-order valence-corrected chi connectivity index (χ3v) is 6.75. The first-order valence-electron chi connectivity index (χ1n) is 11.6. The first-order valence-corrected chi connectivity index (χ1v) is 12.4. The summed E-state index contributed by atoms with van der Waals surface area (Å²) in [5.74, 6) is 3.89. The van der Waals surface area contributed by atoms with E-state index in [1.54, 1.807) is 0 Å². The number of thiocarbonyl (C=S) groups is 1. The van der Waals surface area contributed by atoms with Gasteiger partial charge in [0.05, 0.1) is 0 Å². The molecule has 32 heavy (non-hydrogen) atoms. The summed E-state index contributed by atoms with van der Waals surface area (Å²) < 4.78 is 0. The Balaban J connectivity index is 1.50. The van der Waals surface area contributed by atoms with Crippen molar-refractivity contribution < 1.29 is 0 Å². The molecule has 2 saturated heterocycles. The van der Waals surface area contributed by atoms with Gasteiger partial charge in [-0.15, -0.1) is 0 Å². The number of rotatable bonds is 5. The zero-order valence-corrected chi connectivity index (χ0v) is 20.6. The van der Waals surface area contributed by atoms with Crippen LogP contribution in [0.4, 0.5) is 17.6 Å². The van der Waals surface area contributed by atoms with E-state index in [0.717, 1.165) is 48.4 Å². The van der Waals surface area contributed by atoms with Gasteiger partial charge in [0, 0.05) is 43.8 Å². The normalized spacial score (nSPS) is 21.3. The molecule has 0 bridgehead atoms. The SMILES string of the molecule is C[C@@H]1CCCN(c2cc(N3CCC[C@H](C)C3)nc(NC(=S)NCc3ccc(Cl)cc3)n2)C1. The minimum absolute atomic E-state index is 0.516. The van der Waals surface area contributed by atoms with Crippen LogP contribution in [0.1, 0.15) is 45.1 Å². The molecule has 0 unspecified atom stereocenters. The van der Waals surface area contributed by atoms with Crippen LogP contribution >= 0.6 is 23.8 Å². The monoisotopic (exact) mass is 472 g/mol. The van der Waals surface area contributed by atoms with Gasteiger partial charge < -0.3 is 20.4 Å². The van der Waals surface area contributed by atoms with Gasteiger partial charge in [0.2, 0.25) is 5.95 Å². The maximum Gasteiger partial charge on any atom is 0.232 e. The molecule has 2 aliphatic rings. The molecule has 3 heterocycles. The topological polar surface area (TPSA) is 56.3 Å². The Bertz CT molecular complexity index is 881. The van der Waals surface area contributed by atoms with E-state index < -0.39 is 0 Å². The fourth-order valence-corrected chi connectivity index (χ4v) is 4.82.